The summed E-state index contributed by atoms with van der Waals surface area (Å²) in [6.07, 6.45) is 23.0. The Morgan fingerprint density at radius 2 is 1.06 bits per heavy atom. The van der Waals surface area contributed by atoms with Gasteiger partial charge in [0.2, 0.25) is 0 Å². The topological polar surface area (TPSA) is 72.8 Å². The third-order valence-electron chi connectivity index (χ3n) is 6.58. The summed E-state index contributed by atoms with van der Waals surface area (Å²) < 4.78 is 10.5. The van der Waals surface area contributed by atoms with E-state index in [1.54, 1.807) is 0 Å². The van der Waals surface area contributed by atoms with Gasteiger partial charge in [-0.3, -0.25) is 9.59 Å². The average Bonchev–Trinajstić information content (AvgIpc) is 2.83. The highest BCUT2D eigenvalue weighted by atomic mass is 16.6. The Kier molecular flexibility index (Phi) is 25.2. The number of rotatable bonds is 26. The van der Waals surface area contributed by atoms with Gasteiger partial charge in [-0.25, -0.2) is 0 Å². The molecule has 0 aliphatic heterocycles. The van der Waals surface area contributed by atoms with Gasteiger partial charge in [0.15, 0.2) is 6.10 Å². The fourth-order valence-electron chi connectivity index (χ4n) is 4.27. The van der Waals surface area contributed by atoms with Crippen molar-refractivity contribution in [3.63, 3.8) is 0 Å². The van der Waals surface area contributed by atoms with Gasteiger partial charge in [0.25, 0.3) is 0 Å². The normalized spacial score (nSPS) is 12.1. The fourth-order valence-corrected chi connectivity index (χ4v) is 4.27. The van der Waals surface area contributed by atoms with Crippen LogP contribution in [-0.4, -0.2) is 36.4 Å². The minimum Gasteiger partial charge on any atom is -0.462 e. The summed E-state index contributed by atoms with van der Waals surface area (Å²) in [6.45, 7) is 6.41. The number of esters is 2. The van der Waals surface area contributed by atoms with Crippen molar-refractivity contribution in [2.24, 2.45) is 5.92 Å². The van der Waals surface area contributed by atoms with Crippen LogP contribution in [0.15, 0.2) is 0 Å². The average molecular weight is 499 g/mol. The Hall–Kier alpha value is -1.10. The van der Waals surface area contributed by atoms with E-state index in [1.807, 2.05) is 0 Å². The van der Waals surface area contributed by atoms with Crippen LogP contribution in [0.4, 0.5) is 0 Å². The van der Waals surface area contributed by atoms with Gasteiger partial charge in [0.05, 0.1) is 6.61 Å². The molecule has 0 heterocycles. The predicted octanol–water partition coefficient (Wildman–Crippen LogP) is 8.30. The molecule has 0 aliphatic carbocycles. The zero-order valence-corrected chi connectivity index (χ0v) is 23.5. The maximum absolute atomic E-state index is 12.0. The van der Waals surface area contributed by atoms with E-state index in [0.29, 0.717) is 12.8 Å². The molecule has 0 saturated carbocycles. The highest BCUT2D eigenvalue weighted by Gasteiger charge is 2.16. The highest BCUT2D eigenvalue weighted by molar-refractivity contribution is 5.70. The monoisotopic (exact) mass is 498 g/mol. The van der Waals surface area contributed by atoms with Crippen LogP contribution >= 0.6 is 0 Å². The van der Waals surface area contributed by atoms with Gasteiger partial charge in [-0.15, -0.1) is 0 Å². The van der Waals surface area contributed by atoms with Crippen LogP contribution in [0.25, 0.3) is 0 Å². The van der Waals surface area contributed by atoms with Crippen LogP contribution < -0.4 is 0 Å². The van der Waals surface area contributed by atoms with Crippen molar-refractivity contribution >= 4 is 11.9 Å². The van der Waals surface area contributed by atoms with E-state index in [-0.39, 0.29) is 25.2 Å². The largest absolute Gasteiger partial charge is 0.462 e. The molecule has 0 aromatic heterocycles. The van der Waals surface area contributed by atoms with Crippen molar-refractivity contribution < 1.29 is 24.2 Å². The first-order valence-corrected chi connectivity index (χ1v) is 15.0. The molecule has 0 unspecified atom stereocenters. The van der Waals surface area contributed by atoms with Gasteiger partial charge >= 0.3 is 11.9 Å². The quantitative estimate of drug-likeness (QED) is 0.0959. The number of ether oxygens (including phenoxy) is 2. The Bertz CT molecular complexity index is 477. The van der Waals surface area contributed by atoms with Gasteiger partial charge in [0.1, 0.15) is 6.61 Å². The molecule has 35 heavy (non-hydrogen) atoms. The van der Waals surface area contributed by atoms with Crippen molar-refractivity contribution in [3.8, 4) is 0 Å². The minimum absolute atomic E-state index is 0.0600. The summed E-state index contributed by atoms with van der Waals surface area (Å²) >= 11 is 0. The van der Waals surface area contributed by atoms with Gasteiger partial charge in [-0.2, -0.15) is 0 Å². The van der Waals surface area contributed by atoms with Crippen molar-refractivity contribution in [2.75, 3.05) is 13.2 Å². The number of hydrogen-bond donors (Lipinski definition) is 1. The Morgan fingerprint density at radius 3 is 1.51 bits per heavy atom. The second kappa shape index (κ2) is 26.0. The predicted molar refractivity (Wildman–Crippen MR) is 145 cm³/mol. The van der Waals surface area contributed by atoms with E-state index < -0.39 is 6.10 Å². The molecule has 0 aromatic rings. The molecule has 0 bridgehead atoms. The lowest BCUT2D eigenvalue weighted by molar-refractivity contribution is -0.161. The van der Waals surface area contributed by atoms with Gasteiger partial charge in [0, 0.05) is 12.8 Å². The summed E-state index contributed by atoms with van der Waals surface area (Å²) in [5.41, 5.74) is 0. The molecule has 0 aromatic carbocycles. The second-order valence-corrected chi connectivity index (χ2v) is 10.7. The van der Waals surface area contributed by atoms with Crippen LogP contribution in [0.1, 0.15) is 156 Å². The number of carbonyl (C=O) groups excluding carboxylic acids is 2. The van der Waals surface area contributed by atoms with Gasteiger partial charge in [-0.1, -0.05) is 130 Å². The smallest absolute Gasteiger partial charge is 0.306 e. The zero-order chi connectivity index (χ0) is 26.0. The molecule has 0 aliphatic rings. The summed E-state index contributed by atoms with van der Waals surface area (Å²) in [7, 11) is 0. The first kappa shape index (κ1) is 33.9. The van der Waals surface area contributed by atoms with Crippen LogP contribution in [0.5, 0.6) is 0 Å². The number of aliphatic hydroxyl groups is 1. The third-order valence-corrected chi connectivity index (χ3v) is 6.58. The third kappa shape index (κ3) is 25.8. The molecule has 0 saturated heterocycles. The number of aliphatic hydroxyl groups excluding tert-OH is 1. The molecular formula is C30H58O5. The van der Waals surface area contributed by atoms with E-state index in [1.165, 1.54) is 83.5 Å². The number of hydrogen-bond acceptors (Lipinski definition) is 5. The van der Waals surface area contributed by atoms with Crippen molar-refractivity contribution in [1.82, 2.24) is 0 Å². The molecule has 208 valence electrons. The lowest BCUT2D eigenvalue weighted by atomic mass is 10.0. The van der Waals surface area contributed by atoms with Gasteiger partial charge < -0.3 is 14.6 Å². The maximum Gasteiger partial charge on any atom is 0.306 e. The zero-order valence-electron chi connectivity index (χ0n) is 23.5. The van der Waals surface area contributed by atoms with Crippen LogP contribution in [0, 0.1) is 5.92 Å². The van der Waals surface area contributed by atoms with E-state index in [2.05, 4.69) is 20.8 Å². The number of carbonyl (C=O) groups is 2. The fraction of sp³-hybridized carbons (Fsp3) is 0.933. The molecule has 5 nitrogen and oxygen atoms in total. The summed E-state index contributed by atoms with van der Waals surface area (Å²) in [6, 6.07) is 0. The van der Waals surface area contributed by atoms with E-state index in [0.717, 1.165) is 44.4 Å². The molecule has 1 N–H and O–H groups in total. The lowest BCUT2D eigenvalue weighted by Gasteiger charge is -2.15. The van der Waals surface area contributed by atoms with Crippen LogP contribution in [-0.2, 0) is 19.1 Å². The number of unbranched alkanes of at least 4 members (excludes halogenated alkanes) is 16. The van der Waals surface area contributed by atoms with Crippen molar-refractivity contribution in [1.29, 1.82) is 0 Å². The van der Waals surface area contributed by atoms with Crippen molar-refractivity contribution in [3.05, 3.63) is 0 Å². The van der Waals surface area contributed by atoms with Crippen LogP contribution in [0.2, 0.25) is 0 Å². The molecule has 5 heteroatoms. The Labute approximate surface area is 217 Å². The summed E-state index contributed by atoms with van der Waals surface area (Å²) in [4.78, 5) is 23.9. The second-order valence-electron chi connectivity index (χ2n) is 10.7. The SMILES string of the molecule is CCCCCCCCCCCCC(=O)O[C@@H](CO)COC(=O)CCCCCCCCCCC(C)C. The maximum atomic E-state index is 12.0. The van der Waals surface area contributed by atoms with E-state index >= 15 is 0 Å². The summed E-state index contributed by atoms with van der Waals surface area (Å²) in [5.74, 6) is 0.218. The Balaban J connectivity index is 3.59. The van der Waals surface area contributed by atoms with Gasteiger partial charge in [-0.05, 0) is 18.8 Å². The molecule has 0 spiro atoms. The van der Waals surface area contributed by atoms with E-state index in [4.69, 9.17) is 9.47 Å². The first-order chi connectivity index (χ1) is 17.0. The Morgan fingerprint density at radius 1 is 0.629 bits per heavy atom. The molecule has 1 atom stereocenters. The van der Waals surface area contributed by atoms with Crippen molar-refractivity contribution in [2.45, 2.75) is 162 Å². The van der Waals surface area contributed by atoms with Crippen LogP contribution in [0.3, 0.4) is 0 Å². The highest BCUT2D eigenvalue weighted by Crippen LogP contribution is 2.14. The standard InChI is InChI=1S/C30H58O5/c1-4-5-6-7-8-9-10-15-18-21-24-30(33)35-28(25-31)26-34-29(32)23-20-17-14-12-11-13-16-19-22-27(2)3/h27-28,31H,4-26H2,1-3H3/t28-/m0/s1. The first-order valence-electron chi connectivity index (χ1n) is 15.0. The molecule has 0 fully saturated rings. The molecule has 0 rings (SSSR count). The molecule has 0 amide bonds. The molecule has 0 radical (unpaired) electrons. The lowest BCUT2D eigenvalue weighted by Crippen LogP contribution is -2.28. The molecular weight excluding hydrogens is 440 g/mol. The minimum atomic E-state index is -0.759. The van der Waals surface area contributed by atoms with E-state index in [9.17, 15) is 14.7 Å². The summed E-state index contributed by atoms with van der Waals surface area (Å²) in [5, 5.41) is 9.44.